The molecule has 0 saturated heterocycles. The molecule has 2 aromatic carbocycles. The molecule has 0 aromatic heterocycles. The van der Waals surface area contributed by atoms with Crippen LogP contribution in [0.1, 0.15) is 60.4 Å². The molecule has 2 N–H and O–H groups in total. The summed E-state index contributed by atoms with van der Waals surface area (Å²) in [5.74, 6) is -0.635. The van der Waals surface area contributed by atoms with Crippen molar-refractivity contribution >= 4 is 23.2 Å². The van der Waals surface area contributed by atoms with E-state index in [-0.39, 0.29) is 29.2 Å². The predicted octanol–water partition coefficient (Wildman–Crippen LogP) is 4.34. The van der Waals surface area contributed by atoms with Crippen molar-refractivity contribution in [2.75, 3.05) is 18.5 Å². The summed E-state index contributed by atoms with van der Waals surface area (Å²) in [5.41, 5.74) is 2.39. The first kappa shape index (κ1) is 22.1. The van der Waals surface area contributed by atoms with E-state index in [0.29, 0.717) is 24.3 Å². The van der Waals surface area contributed by atoms with Crippen LogP contribution in [0.3, 0.4) is 0 Å². The summed E-state index contributed by atoms with van der Waals surface area (Å²) in [5, 5.41) is 12.2. The molecule has 0 amide bonds. The Morgan fingerprint density at radius 2 is 1.62 bits per heavy atom. The first-order valence-electron chi connectivity index (χ1n) is 9.45. The number of benzene rings is 2. The zero-order valence-electron chi connectivity index (χ0n) is 17.2. The molecule has 0 aliphatic rings. The van der Waals surface area contributed by atoms with Crippen molar-refractivity contribution in [1.29, 1.82) is 0 Å². The summed E-state index contributed by atoms with van der Waals surface area (Å²) >= 11 is 0. The second-order valence-corrected chi connectivity index (χ2v) is 7.93. The molecule has 0 bridgehead atoms. The Bertz CT molecular complexity index is 894. The summed E-state index contributed by atoms with van der Waals surface area (Å²) < 4.78 is 5.51. The minimum Gasteiger partial charge on any atom is -0.485 e. The molecule has 0 unspecified atom stereocenters. The van der Waals surface area contributed by atoms with Crippen molar-refractivity contribution in [3.63, 3.8) is 0 Å². The number of ketones is 2. The van der Waals surface area contributed by atoms with Gasteiger partial charge in [-0.1, -0.05) is 20.8 Å². The van der Waals surface area contributed by atoms with Crippen molar-refractivity contribution in [3.05, 3.63) is 59.2 Å². The normalized spacial score (nSPS) is 11.0. The van der Waals surface area contributed by atoms with Crippen molar-refractivity contribution < 1.29 is 24.2 Å². The van der Waals surface area contributed by atoms with Crippen LogP contribution in [0.2, 0.25) is 0 Å². The van der Waals surface area contributed by atoms with Gasteiger partial charge in [0.1, 0.15) is 11.5 Å². The third-order valence-corrected chi connectivity index (χ3v) is 4.41. The van der Waals surface area contributed by atoms with Crippen LogP contribution < -0.4 is 10.1 Å². The minimum absolute atomic E-state index is 0.121. The lowest BCUT2D eigenvalue weighted by Crippen LogP contribution is -2.18. The van der Waals surface area contributed by atoms with E-state index in [1.54, 1.807) is 13.0 Å². The van der Waals surface area contributed by atoms with Gasteiger partial charge >= 0.3 is 5.97 Å². The van der Waals surface area contributed by atoms with Gasteiger partial charge in [0.2, 0.25) is 0 Å². The van der Waals surface area contributed by atoms with E-state index in [1.165, 1.54) is 24.3 Å². The van der Waals surface area contributed by atoms with Crippen molar-refractivity contribution in [3.8, 4) is 5.75 Å². The molecule has 6 heteroatoms. The van der Waals surface area contributed by atoms with E-state index < -0.39 is 5.97 Å². The van der Waals surface area contributed by atoms with Crippen LogP contribution in [0, 0.1) is 0 Å². The van der Waals surface area contributed by atoms with E-state index in [2.05, 4.69) is 26.1 Å². The fourth-order valence-electron chi connectivity index (χ4n) is 2.79. The Morgan fingerprint density at radius 1 is 1.00 bits per heavy atom. The van der Waals surface area contributed by atoms with Crippen LogP contribution in [0.25, 0.3) is 0 Å². The molecule has 0 aliphatic heterocycles. The molecule has 6 nitrogen and oxygen atoms in total. The number of ether oxygens (including phenoxy) is 1. The number of nitrogens with one attached hydrogen (secondary N) is 1. The van der Waals surface area contributed by atoms with Gasteiger partial charge in [-0.05, 0) is 60.4 Å². The molecular formula is C23H27NO5. The van der Waals surface area contributed by atoms with Crippen LogP contribution in [-0.2, 0) is 10.2 Å². The molecule has 0 atom stereocenters. The Labute approximate surface area is 170 Å². The second-order valence-electron chi connectivity index (χ2n) is 7.93. The van der Waals surface area contributed by atoms with Gasteiger partial charge in [0, 0.05) is 24.2 Å². The van der Waals surface area contributed by atoms with Crippen molar-refractivity contribution in [2.24, 2.45) is 0 Å². The first-order valence-corrected chi connectivity index (χ1v) is 9.45. The highest BCUT2D eigenvalue weighted by Gasteiger charge is 2.20. The lowest BCUT2D eigenvalue weighted by molar-refractivity contribution is -0.116. The maximum absolute atomic E-state index is 12.6. The number of carboxylic acids is 1. The average Bonchev–Trinajstić information content (AvgIpc) is 2.65. The summed E-state index contributed by atoms with van der Waals surface area (Å²) in [7, 11) is 0. The first-order chi connectivity index (χ1) is 13.6. The van der Waals surface area contributed by atoms with Gasteiger partial charge in [-0.2, -0.15) is 0 Å². The van der Waals surface area contributed by atoms with E-state index in [4.69, 9.17) is 9.84 Å². The Kier molecular flexibility index (Phi) is 7.15. The summed E-state index contributed by atoms with van der Waals surface area (Å²) in [6, 6.07) is 11.4. The fourth-order valence-corrected chi connectivity index (χ4v) is 2.79. The van der Waals surface area contributed by atoms with Gasteiger partial charge in [-0.15, -0.1) is 0 Å². The van der Waals surface area contributed by atoms with Crippen molar-refractivity contribution in [1.82, 2.24) is 0 Å². The number of hydrogen-bond acceptors (Lipinski definition) is 5. The molecule has 29 heavy (non-hydrogen) atoms. The van der Waals surface area contributed by atoms with Gasteiger partial charge in [0.15, 0.2) is 12.4 Å². The second kappa shape index (κ2) is 9.37. The number of hydrogen-bond donors (Lipinski definition) is 2. The number of carbonyl (C=O) groups excluding carboxylic acids is 2. The maximum atomic E-state index is 12.6. The smallest absolute Gasteiger partial charge is 0.335 e. The monoisotopic (exact) mass is 397 g/mol. The molecule has 0 aliphatic carbocycles. The van der Waals surface area contributed by atoms with E-state index in [0.717, 1.165) is 11.3 Å². The Morgan fingerprint density at radius 3 is 2.17 bits per heavy atom. The third kappa shape index (κ3) is 6.45. The van der Waals surface area contributed by atoms with Crippen LogP contribution >= 0.6 is 0 Å². The number of anilines is 1. The SMILES string of the molecule is CC(=O)CCNc1ccc(C(=O)COc2ccc(C(=O)O)cc2)cc1C(C)(C)C. The van der Waals surface area contributed by atoms with Crippen LogP contribution in [0.15, 0.2) is 42.5 Å². The molecule has 0 saturated carbocycles. The number of carboxylic acid groups (broad SMARTS) is 1. The van der Waals surface area contributed by atoms with Gasteiger partial charge in [-0.25, -0.2) is 4.79 Å². The molecule has 154 valence electrons. The highest BCUT2D eigenvalue weighted by Crippen LogP contribution is 2.31. The quantitative estimate of drug-likeness (QED) is 0.612. The zero-order chi connectivity index (χ0) is 21.6. The highest BCUT2D eigenvalue weighted by atomic mass is 16.5. The van der Waals surface area contributed by atoms with Crippen LogP contribution in [0.5, 0.6) is 5.75 Å². The Balaban J connectivity index is 2.11. The van der Waals surface area contributed by atoms with Gasteiger partial charge < -0.3 is 15.2 Å². The minimum atomic E-state index is -1.01. The van der Waals surface area contributed by atoms with Crippen LogP contribution in [0.4, 0.5) is 5.69 Å². The number of Topliss-reactive ketones (excluding diaryl/α,β-unsaturated/α-hetero) is 2. The predicted molar refractivity (Wildman–Crippen MR) is 112 cm³/mol. The van der Waals surface area contributed by atoms with Gasteiger partial charge in [0.25, 0.3) is 0 Å². The standard InChI is InChI=1S/C23H27NO5/c1-15(25)11-12-24-20-10-7-17(13-19(20)23(2,3)4)21(26)14-29-18-8-5-16(6-9-18)22(27)28/h5-10,13,24H,11-12,14H2,1-4H3,(H,27,28). The topological polar surface area (TPSA) is 92.7 Å². The molecule has 0 fully saturated rings. The largest absolute Gasteiger partial charge is 0.485 e. The number of aromatic carboxylic acids is 1. The molecular weight excluding hydrogens is 370 g/mol. The molecule has 0 radical (unpaired) electrons. The summed E-state index contributed by atoms with van der Waals surface area (Å²) in [6.45, 7) is 8.14. The molecule has 0 spiro atoms. The van der Waals surface area contributed by atoms with Gasteiger partial charge in [0.05, 0.1) is 5.56 Å². The van der Waals surface area contributed by atoms with E-state index >= 15 is 0 Å². The summed E-state index contributed by atoms with van der Waals surface area (Å²) in [4.78, 5) is 34.7. The van der Waals surface area contributed by atoms with E-state index in [9.17, 15) is 14.4 Å². The average molecular weight is 397 g/mol. The zero-order valence-corrected chi connectivity index (χ0v) is 17.2. The fraction of sp³-hybridized carbons (Fsp3) is 0.348. The summed E-state index contributed by atoms with van der Waals surface area (Å²) in [6.07, 6.45) is 0.443. The van der Waals surface area contributed by atoms with Crippen LogP contribution in [-0.4, -0.2) is 35.8 Å². The lowest BCUT2D eigenvalue weighted by atomic mass is 9.84. The number of carbonyl (C=O) groups is 3. The Hall–Kier alpha value is -3.15. The third-order valence-electron chi connectivity index (χ3n) is 4.41. The molecule has 0 heterocycles. The molecule has 2 rings (SSSR count). The van der Waals surface area contributed by atoms with Crippen molar-refractivity contribution in [2.45, 2.75) is 39.5 Å². The lowest BCUT2D eigenvalue weighted by Gasteiger charge is -2.24. The highest BCUT2D eigenvalue weighted by molar-refractivity contribution is 5.98. The molecule has 2 aromatic rings. The van der Waals surface area contributed by atoms with E-state index in [1.807, 2.05) is 12.1 Å². The number of rotatable bonds is 9. The van der Waals surface area contributed by atoms with Gasteiger partial charge in [-0.3, -0.25) is 9.59 Å². The maximum Gasteiger partial charge on any atom is 0.335 e.